The van der Waals surface area contributed by atoms with Crippen LogP contribution in [0.4, 0.5) is 11.8 Å². The first-order chi connectivity index (χ1) is 12.8. The van der Waals surface area contributed by atoms with E-state index in [1.54, 1.807) is 0 Å². The summed E-state index contributed by atoms with van der Waals surface area (Å²) in [4.78, 5) is 12.9. The third-order valence-electron chi connectivity index (χ3n) is 4.96. The highest BCUT2D eigenvalue weighted by atomic mass is 35.5. The smallest absolute Gasteiger partial charge is 0.223 e. The number of anilines is 2. The molecule has 27 heavy (non-hydrogen) atoms. The molecular weight excluding hydrogens is 370 g/mol. The van der Waals surface area contributed by atoms with E-state index < -0.39 is 24.2 Å². The Labute approximate surface area is 162 Å². The fourth-order valence-electron chi connectivity index (χ4n) is 3.52. The molecule has 0 saturated heterocycles. The van der Waals surface area contributed by atoms with Gasteiger partial charge in [-0.15, -0.1) is 0 Å². The minimum Gasteiger partial charge on any atom is -0.396 e. The Balaban J connectivity index is 2.04. The number of nitrogen functional groups attached to an aromatic ring is 1. The number of aliphatic hydroxyl groups excluding tert-OH is 3. The van der Waals surface area contributed by atoms with Crippen molar-refractivity contribution in [2.75, 3.05) is 17.7 Å². The zero-order valence-corrected chi connectivity index (χ0v) is 16.0. The molecule has 0 radical (unpaired) electrons. The Hall–Kier alpha value is -2.00. The minimum atomic E-state index is -1.05. The third-order valence-corrected chi connectivity index (χ3v) is 5.23. The molecule has 3 rings (SSSR count). The number of nitrogens with one attached hydrogen (secondary N) is 1. The second kappa shape index (κ2) is 7.93. The minimum absolute atomic E-state index is 0.00360. The summed E-state index contributed by atoms with van der Waals surface area (Å²) in [5, 5.41) is 33.1. The van der Waals surface area contributed by atoms with Crippen molar-refractivity contribution in [1.82, 2.24) is 15.0 Å². The number of aryl methyl sites for hydroxylation is 2. The van der Waals surface area contributed by atoms with Crippen molar-refractivity contribution in [2.45, 2.75) is 44.9 Å². The molecule has 8 nitrogen and oxygen atoms in total. The fourth-order valence-corrected chi connectivity index (χ4v) is 3.80. The first kappa shape index (κ1) is 19.8. The Morgan fingerprint density at radius 3 is 2.59 bits per heavy atom. The summed E-state index contributed by atoms with van der Waals surface area (Å²) in [5.74, 6) is -0.0540. The Morgan fingerprint density at radius 2 is 1.96 bits per heavy atom. The standard InChI is InChI=1S/C18H24ClN5O3/c1-3-11-10(5-4-8(2)21-11)13-16(19)23-18(20)24-17(13)22-12-6-9(7-25)14(26)15(12)27/h4-5,9,12,14-15,25-27H,3,6-7H2,1-2H3,(H3,20,22,23,24)/t9-,12-,14-,15+/m1/s1. The Kier molecular flexibility index (Phi) is 5.81. The summed E-state index contributed by atoms with van der Waals surface area (Å²) in [6.07, 6.45) is -0.995. The number of nitrogens with two attached hydrogens (primary N) is 1. The lowest BCUT2D eigenvalue weighted by atomic mass is 10.0. The maximum atomic E-state index is 10.3. The Bertz CT molecular complexity index is 835. The summed E-state index contributed by atoms with van der Waals surface area (Å²) >= 11 is 6.39. The SMILES string of the molecule is CCc1nc(C)ccc1-c1c(Cl)nc(N)nc1N[C@@H]1C[C@H](CO)[C@@H](O)[C@H]1O. The monoisotopic (exact) mass is 393 g/mol. The summed E-state index contributed by atoms with van der Waals surface area (Å²) in [7, 11) is 0. The predicted octanol–water partition coefficient (Wildman–Crippen LogP) is 1.16. The van der Waals surface area contributed by atoms with E-state index in [0.717, 1.165) is 17.0 Å². The zero-order valence-electron chi connectivity index (χ0n) is 15.2. The average molecular weight is 394 g/mol. The molecule has 4 atom stereocenters. The molecule has 0 amide bonds. The number of nitrogens with zero attached hydrogens (tertiary/aromatic N) is 3. The molecule has 1 aliphatic carbocycles. The van der Waals surface area contributed by atoms with Crippen LogP contribution in [0.25, 0.3) is 11.1 Å². The highest BCUT2D eigenvalue weighted by Gasteiger charge is 2.41. The maximum Gasteiger partial charge on any atom is 0.223 e. The van der Waals surface area contributed by atoms with E-state index in [1.807, 2.05) is 26.0 Å². The molecular formula is C18H24ClN5O3. The van der Waals surface area contributed by atoms with Gasteiger partial charge in [-0.1, -0.05) is 24.6 Å². The fraction of sp³-hybridized carbons (Fsp3) is 0.500. The first-order valence-electron chi connectivity index (χ1n) is 8.89. The van der Waals surface area contributed by atoms with Crippen LogP contribution >= 0.6 is 11.6 Å². The van der Waals surface area contributed by atoms with E-state index in [4.69, 9.17) is 17.3 Å². The number of aliphatic hydroxyl groups is 3. The van der Waals surface area contributed by atoms with Gasteiger partial charge in [0.15, 0.2) is 0 Å². The summed E-state index contributed by atoms with van der Waals surface area (Å²) in [5.41, 5.74) is 8.83. The lowest BCUT2D eigenvalue weighted by molar-refractivity contribution is 0.00446. The van der Waals surface area contributed by atoms with Crippen LogP contribution in [0.3, 0.4) is 0 Å². The van der Waals surface area contributed by atoms with Gasteiger partial charge in [-0.05, 0) is 25.8 Å². The number of rotatable bonds is 5. The molecule has 1 saturated carbocycles. The van der Waals surface area contributed by atoms with Crippen LogP contribution < -0.4 is 11.1 Å². The molecule has 0 bridgehead atoms. The second-order valence-corrected chi connectivity index (χ2v) is 7.17. The van der Waals surface area contributed by atoms with Crippen molar-refractivity contribution in [2.24, 2.45) is 5.92 Å². The lowest BCUT2D eigenvalue weighted by Gasteiger charge is -2.21. The van der Waals surface area contributed by atoms with Crippen LogP contribution in [0.2, 0.25) is 5.15 Å². The average Bonchev–Trinajstić information content (AvgIpc) is 2.90. The van der Waals surface area contributed by atoms with Crippen LogP contribution in [0.5, 0.6) is 0 Å². The van der Waals surface area contributed by atoms with Gasteiger partial charge in [-0.3, -0.25) is 4.98 Å². The highest BCUT2D eigenvalue weighted by Crippen LogP contribution is 2.37. The number of hydrogen-bond donors (Lipinski definition) is 5. The van der Waals surface area contributed by atoms with E-state index >= 15 is 0 Å². The van der Waals surface area contributed by atoms with E-state index in [9.17, 15) is 15.3 Å². The molecule has 146 valence electrons. The van der Waals surface area contributed by atoms with E-state index in [1.165, 1.54) is 0 Å². The number of aromatic nitrogens is 3. The lowest BCUT2D eigenvalue weighted by Crippen LogP contribution is -2.35. The highest BCUT2D eigenvalue weighted by molar-refractivity contribution is 6.32. The van der Waals surface area contributed by atoms with E-state index in [-0.39, 0.29) is 17.7 Å². The van der Waals surface area contributed by atoms with Crippen LogP contribution in [0, 0.1) is 12.8 Å². The normalized spacial score (nSPS) is 25.0. The van der Waals surface area contributed by atoms with Gasteiger partial charge in [0.2, 0.25) is 5.95 Å². The van der Waals surface area contributed by atoms with Crippen LogP contribution in [-0.2, 0) is 6.42 Å². The molecule has 0 spiro atoms. The molecule has 0 aromatic carbocycles. The van der Waals surface area contributed by atoms with Crippen molar-refractivity contribution < 1.29 is 15.3 Å². The largest absolute Gasteiger partial charge is 0.396 e. The van der Waals surface area contributed by atoms with Crippen molar-refractivity contribution >= 4 is 23.4 Å². The van der Waals surface area contributed by atoms with Crippen molar-refractivity contribution in [3.8, 4) is 11.1 Å². The van der Waals surface area contributed by atoms with Crippen molar-refractivity contribution in [3.63, 3.8) is 0 Å². The molecule has 2 aromatic rings. The third kappa shape index (κ3) is 3.84. The predicted molar refractivity (Wildman–Crippen MR) is 103 cm³/mol. The number of hydrogen-bond acceptors (Lipinski definition) is 8. The zero-order chi connectivity index (χ0) is 19.7. The summed E-state index contributed by atoms with van der Waals surface area (Å²) in [6.45, 7) is 3.69. The van der Waals surface area contributed by atoms with Gasteiger partial charge in [0.1, 0.15) is 17.1 Å². The second-order valence-electron chi connectivity index (χ2n) is 6.81. The molecule has 0 aliphatic heterocycles. The van der Waals surface area contributed by atoms with Gasteiger partial charge in [-0.25, -0.2) is 4.98 Å². The molecule has 2 heterocycles. The quantitative estimate of drug-likeness (QED) is 0.477. The molecule has 1 aliphatic rings. The van der Waals surface area contributed by atoms with Crippen LogP contribution in [-0.4, -0.2) is 55.1 Å². The van der Waals surface area contributed by atoms with Crippen LogP contribution in [0.15, 0.2) is 12.1 Å². The van der Waals surface area contributed by atoms with Gasteiger partial charge < -0.3 is 26.4 Å². The first-order valence-corrected chi connectivity index (χ1v) is 9.26. The Morgan fingerprint density at radius 1 is 1.22 bits per heavy atom. The molecule has 1 fully saturated rings. The van der Waals surface area contributed by atoms with Crippen molar-refractivity contribution in [3.05, 3.63) is 28.7 Å². The van der Waals surface area contributed by atoms with Gasteiger partial charge in [-0.2, -0.15) is 4.98 Å². The molecule has 6 N–H and O–H groups in total. The van der Waals surface area contributed by atoms with Crippen molar-refractivity contribution in [1.29, 1.82) is 0 Å². The number of halogens is 1. The topological polar surface area (TPSA) is 137 Å². The van der Waals surface area contributed by atoms with E-state index in [0.29, 0.717) is 24.2 Å². The van der Waals surface area contributed by atoms with Gasteiger partial charge in [0, 0.05) is 29.5 Å². The van der Waals surface area contributed by atoms with Gasteiger partial charge in [0.05, 0.1) is 17.7 Å². The van der Waals surface area contributed by atoms with E-state index in [2.05, 4.69) is 20.3 Å². The molecule has 0 unspecified atom stereocenters. The van der Waals surface area contributed by atoms with Gasteiger partial charge in [0.25, 0.3) is 0 Å². The summed E-state index contributed by atoms with van der Waals surface area (Å²) in [6, 6.07) is 3.27. The van der Waals surface area contributed by atoms with Crippen LogP contribution in [0.1, 0.15) is 24.7 Å². The number of pyridine rings is 1. The maximum absolute atomic E-state index is 10.3. The summed E-state index contributed by atoms with van der Waals surface area (Å²) < 4.78 is 0. The van der Waals surface area contributed by atoms with Gasteiger partial charge >= 0.3 is 0 Å². The molecule has 2 aromatic heterocycles. The molecule has 9 heteroatoms.